The summed E-state index contributed by atoms with van der Waals surface area (Å²) >= 11 is 0. The molecule has 0 spiro atoms. The van der Waals surface area contributed by atoms with Gasteiger partial charge in [-0.3, -0.25) is 9.59 Å². The molecule has 3 heteroatoms. The maximum atomic E-state index is 11.5. The van der Waals surface area contributed by atoms with E-state index in [4.69, 9.17) is 0 Å². The fourth-order valence-corrected chi connectivity index (χ4v) is 1.38. The second-order valence-corrected chi connectivity index (χ2v) is 3.55. The Kier molecular flexibility index (Phi) is 3.23. The van der Waals surface area contributed by atoms with Crippen LogP contribution in [0.1, 0.15) is 26.2 Å². The van der Waals surface area contributed by atoms with Crippen LogP contribution in [0.2, 0.25) is 0 Å². The summed E-state index contributed by atoms with van der Waals surface area (Å²) in [6, 6.07) is 0. The lowest BCUT2D eigenvalue weighted by atomic mass is 10.1. The Morgan fingerprint density at radius 3 is 2.46 bits per heavy atom. The first kappa shape index (κ1) is 9.96. The van der Waals surface area contributed by atoms with E-state index in [2.05, 4.69) is 6.58 Å². The summed E-state index contributed by atoms with van der Waals surface area (Å²) in [5.41, 5.74) is 0.877. The molecule has 0 aromatic heterocycles. The molecule has 0 unspecified atom stereocenters. The van der Waals surface area contributed by atoms with E-state index in [-0.39, 0.29) is 11.7 Å². The highest BCUT2D eigenvalue weighted by Crippen LogP contribution is 2.09. The highest BCUT2D eigenvalue weighted by atomic mass is 16.2. The van der Waals surface area contributed by atoms with Crippen LogP contribution in [0, 0.1) is 0 Å². The van der Waals surface area contributed by atoms with Crippen molar-refractivity contribution in [1.82, 2.24) is 4.90 Å². The third-order valence-corrected chi connectivity index (χ3v) is 2.13. The number of likely N-dealkylation sites (tertiary alicyclic amines) is 1. The standard InChI is InChI=1S/C10H15NO2/c1-8(2)7-10(13)11-5-3-9(12)4-6-11/h1,3-7H2,2H3. The highest BCUT2D eigenvalue weighted by Gasteiger charge is 2.19. The number of ketones is 1. The predicted molar refractivity (Wildman–Crippen MR) is 50.3 cm³/mol. The number of rotatable bonds is 2. The molecule has 0 atom stereocenters. The Bertz CT molecular complexity index is 235. The minimum absolute atomic E-state index is 0.0972. The molecule has 3 nitrogen and oxygen atoms in total. The number of carbonyl (C=O) groups excluding carboxylic acids is 2. The topological polar surface area (TPSA) is 37.4 Å². The summed E-state index contributed by atoms with van der Waals surface area (Å²) in [7, 11) is 0. The quantitative estimate of drug-likeness (QED) is 0.599. The molecule has 1 aliphatic rings. The lowest BCUT2D eigenvalue weighted by Crippen LogP contribution is -2.38. The monoisotopic (exact) mass is 181 g/mol. The van der Waals surface area contributed by atoms with Crippen LogP contribution < -0.4 is 0 Å². The Balaban J connectivity index is 2.40. The number of amides is 1. The molecule has 1 aliphatic heterocycles. The number of nitrogens with zero attached hydrogens (tertiary/aromatic N) is 1. The first-order chi connectivity index (χ1) is 6.09. The van der Waals surface area contributed by atoms with Gasteiger partial charge in [0.05, 0.1) is 0 Å². The van der Waals surface area contributed by atoms with E-state index < -0.39 is 0 Å². The second-order valence-electron chi connectivity index (χ2n) is 3.55. The molecule has 1 saturated heterocycles. The van der Waals surface area contributed by atoms with Crippen LogP contribution in [0.4, 0.5) is 0 Å². The first-order valence-corrected chi connectivity index (χ1v) is 4.53. The van der Waals surface area contributed by atoms with Gasteiger partial charge in [0, 0.05) is 32.4 Å². The largest absolute Gasteiger partial charge is 0.342 e. The molecule has 0 N–H and O–H groups in total. The van der Waals surface area contributed by atoms with Crippen molar-refractivity contribution < 1.29 is 9.59 Å². The van der Waals surface area contributed by atoms with Crippen molar-refractivity contribution in [2.24, 2.45) is 0 Å². The van der Waals surface area contributed by atoms with Crippen molar-refractivity contribution in [2.45, 2.75) is 26.2 Å². The number of piperidine rings is 1. The van der Waals surface area contributed by atoms with Gasteiger partial charge in [0.25, 0.3) is 0 Å². The number of hydrogen-bond acceptors (Lipinski definition) is 2. The van der Waals surface area contributed by atoms with Gasteiger partial charge in [-0.1, -0.05) is 12.2 Å². The average Bonchev–Trinajstić information content (AvgIpc) is 2.04. The zero-order chi connectivity index (χ0) is 9.84. The molecule has 1 amide bonds. The van der Waals surface area contributed by atoms with Crippen LogP contribution in [0.25, 0.3) is 0 Å². The van der Waals surface area contributed by atoms with Crippen LogP contribution in [0.3, 0.4) is 0 Å². The number of carbonyl (C=O) groups is 2. The van der Waals surface area contributed by atoms with Gasteiger partial charge in [0.2, 0.25) is 5.91 Å². The normalized spacial score (nSPS) is 17.3. The van der Waals surface area contributed by atoms with Crippen LogP contribution in [-0.4, -0.2) is 29.7 Å². The maximum Gasteiger partial charge on any atom is 0.226 e. The molecule has 72 valence electrons. The molecular formula is C10H15NO2. The van der Waals surface area contributed by atoms with Crippen molar-refractivity contribution >= 4 is 11.7 Å². The van der Waals surface area contributed by atoms with Gasteiger partial charge in [0.1, 0.15) is 5.78 Å². The summed E-state index contributed by atoms with van der Waals surface area (Å²) in [6.45, 7) is 6.71. The van der Waals surface area contributed by atoms with Gasteiger partial charge >= 0.3 is 0 Å². The van der Waals surface area contributed by atoms with Crippen molar-refractivity contribution in [3.8, 4) is 0 Å². The van der Waals surface area contributed by atoms with Crippen molar-refractivity contribution in [1.29, 1.82) is 0 Å². The zero-order valence-electron chi connectivity index (χ0n) is 8.01. The Labute approximate surface area is 78.4 Å². The second kappa shape index (κ2) is 4.21. The summed E-state index contributed by atoms with van der Waals surface area (Å²) in [5.74, 6) is 0.361. The van der Waals surface area contributed by atoms with Gasteiger partial charge in [-0.25, -0.2) is 0 Å². The fraction of sp³-hybridized carbons (Fsp3) is 0.600. The lowest BCUT2D eigenvalue weighted by molar-refractivity contribution is -0.133. The van der Waals surface area contributed by atoms with Gasteiger partial charge in [0.15, 0.2) is 0 Å². The molecule has 1 fully saturated rings. The molecule has 0 aliphatic carbocycles. The van der Waals surface area contributed by atoms with E-state index in [0.717, 1.165) is 5.57 Å². The first-order valence-electron chi connectivity index (χ1n) is 4.53. The molecule has 0 aromatic rings. The minimum Gasteiger partial charge on any atom is -0.342 e. The summed E-state index contributed by atoms with van der Waals surface area (Å²) in [5, 5.41) is 0. The van der Waals surface area contributed by atoms with Crippen LogP contribution in [0.5, 0.6) is 0 Å². The number of hydrogen-bond donors (Lipinski definition) is 0. The molecule has 1 heterocycles. The third kappa shape index (κ3) is 3.01. The van der Waals surface area contributed by atoms with Crippen LogP contribution >= 0.6 is 0 Å². The number of Topliss-reactive ketones (excluding diaryl/α,β-unsaturated/α-hetero) is 1. The van der Waals surface area contributed by atoms with E-state index in [9.17, 15) is 9.59 Å². The van der Waals surface area contributed by atoms with E-state index in [1.165, 1.54) is 0 Å². The van der Waals surface area contributed by atoms with Crippen molar-refractivity contribution in [3.63, 3.8) is 0 Å². The van der Waals surface area contributed by atoms with E-state index in [1.54, 1.807) is 4.90 Å². The van der Waals surface area contributed by atoms with Gasteiger partial charge < -0.3 is 4.90 Å². The van der Waals surface area contributed by atoms with Crippen molar-refractivity contribution in [3.05, 3.63) is 12.2 Å². The highest BCUT2D eigenvalue weighted by molar-refractivity contribution is 5.84. The van der Waals surface area contributed by atoms with E-state index >= 15 is 0 Å². The van der Waals surface area contributed by atoms with Gasteiger partial charge in [-0.15, -0.1) is 0 Å². The summed E-state index contributed by atoms with van der Waals surface area (Å²) in [6.07, 6.45) is 1.44. The third-order valence-electron chi connectivity index (χ3n) is 2.13. The molecule has 13 heavy (non-hydrogen) atoms. The average molecular weight is 181 g/mol. The Hall–Kier alpha value is -1.12. The van der Waals surface area contributed by atoms with Crippen LogP contribution in [0.15, 0.2) is 12.2 Å². The minimum atomic E-state index is 0.0972. The maximum absolute atomic E-state index is 11.5. The zero-order valence-corrected chi connectivity index (χ0v) is 8.01. The SMILES string of the molecule is C=C(C)CC(=O)N1CCC(=O)CC1. The smallest absolute Gasteiger partial charge is 0.226 e. The fourth-order valence-electron chi connectivity index (χ4n) is 1.38. The molecular weight excluding hydrogens is 166 g/mol. The summed E-state index contributed by atoms with van der Waals surface area (Å²) in [4.78, 5) is 24.1. The van der Waals surface area contributed by atoms with Gasteiger partial charge in [-0.05, 0) is 6.92 Å². The summed E-state index contributed by atoms with van der Waals surface area (Å²) < 4.78 is 0. The van der Waals surface area contributed by atoms with Gasteiger partial charge in [-0.2, -0.15) is 0 Å². The predicted octanol–water partition coefficient (Wildman–Crippen LogP) is 1.14. The molecule has 0 saturated carbocycles. The molecule has 0 bridgehead atoms. The Morgan fingerprint density at radius 1 is 1.46 bits per heavy atom. The van der Waals surface area contributed by atoms with Crippen LogP contribution in [-0.2, 0) is 9.59 Å². The molecule has 0 radical (unpaired) electrons. The Morgan fingerprint density at radius 2 is 2.00 bits per heavy atom. The van der Waals surface area contributed by atoms with E-state index in [0.29, 0.717) is 32.4 Å². The van der Waals surface area contributed by atoms with Crippen molar-refractivity contribution in [2.75, 3.05) is 13.1 Å². The molecule has 0 aromatic carbocycles. The molecule has 1 rings (SSSR count). The van der Waals surface area contributed by atoms with E-state index in [1.807, 2.05) is 6.92 Å². The lowest BCUT2D eigenvalue weighted by Gasteiger charge is -2.26.